The van der Waals surface area contributed by atoms with Crippen LogP contribution in [0.15, 0.2) is 36.5 Å². The van der Waals surface area contributed by atoms with Crippen molar-refractivity contribution in [3.05, 3.63) is 53.3 Å². The molecule has 0 aliphatic carbocycles. The zero-order chi connectivity index (χ0) is 10.7. The van der Waals surface area contributed by atoms with Crippen LogP contribution in [0.3, 0.4) is 0 Å². The number of hydrogen-bond acceptors (Lipinski definition) is 2. The highest BCUT2D eigenvalue weighted by Gasteiger charge is 2.03. The van der Waals surface area contributed by atoms with Crippen molar-refractivity contribution in [2.24, 2.45) is 0 Å². The van der Waals surface area contributed by atoms with Gasteiger partial charge in [-0.3, -0.25) is 4.68 Å². The minimum absolute atomic E-state index is 0.00756. The van der Waals surface area contributed by atoms with Gasteiger partial charge < -0.3 is 5.11 Å². The summed E-state index contributed by atoms with van der Waals surface area (Å²) in [6, 6.07) is 10.2. The summed E-state index contributed by atoms with van der Waals surface area (Å²) in [6.07, 6.45) is 1.96. The van der Waals surface area contributed by atoms with E-state index in [1.54, 1.807) is 0 Å². The number of aliphatic hydroxyl groups is 1. The van der Waals surface area contributed by atoms with Crippen molar-refractivity contribution < 1.29 is 5.11 Å². The summed E-state index contributed by atoms with van der Waals surface area (Å²) in [5.74, 6) is 0. The van der Waals surface area contributed by atoms with E-state index in [-0.39, 0.29) is 6.61 Å². The van der Waals surface area contributed by atoms with Gasteiger partial charge in [0.2, 0.25) is 0 Å². The van der Waals surface area contributed by atoms with Crippen LogP contribution < -0.4 is 0 Å². The van der Waals surface area contributed by atoms with Crippen LogP contribution in [0, 0.1) is 6.92 Å². The second-order valence-electron chi connectivity index (χ2n) is 3.60. The number of aromatic nitrogens is 2. The largest absolute Gasteiger partial charge is 0.390 e. The van der Waals surface area contributed by atoms with Crippen molar-refractivity contribution in [1.29, 1.82) is 0 Å². The van der Waals surface area contributed by atoms with Gasteiger partial charge in [-0.1, -0.05) is 30.3 Å². The summed E-state index contributed by atoms with van der Waals surface area (Å²) in [5, 5.41) is 13.3. The Bertz CT molecular complexity index is 434. The Morgan fingerprint density at radius 2 is 2.00 bits per heavy atom. The Morgan fingerprint density at radius 1 is 1.27 bits per heavy atom. The van der Waals surface area contributed by atoms with E-state index in [0.29, 0.717) is 0 Å². The Kier molecular flexibility index (Phi) is 2.83. The van der Waals surface area contributed by atoms with Crippen molar-refractivity contribution in [3.8, 4) is 0 Å². The second kappa shape index (κ2) is 4.28. The lowest BCUT2D eigenvalue weighted by Gasteiger charge is -2.00. The van der Waals surface area contributed by atoms with Crippen molar-refractivity contribution in [1.82, 2.24) is 9.78 Å². The van der Waals surface area contributed by atoms with E-state index in [0.717, 1.165) is 17.8 Å². The third-order valence-electron chi connectivity index (χ3n) is 2.38. The van der Waals surface area contributed by atoms with Gasteiger partial charge in [-0.05, 0) is 18.1 Å². The first-order valence-corrected chi connectivity index (χ1v) is 4.97. The molecule has 3 heteroatoms. The van der Waals surface area contributed by atoms with Gasteiger partial charge in [0.1, 0.15) is 0 Å². The molecule has 2 rings (SSSR count). The molecule has 1 aromatic heterocycles. The number of rotatable bonds is 3. The van der Waals surface area contributed by atoms with E-state index >= 15 is 0 Å². The second-order valence-corrected chi connectivity index (χ2v) is 3.60. The van der Waals surface area contributed by atoms with E-state index in [2.05, 4.69) is 17.2 Å². The van der Waals surface area contributed by atoms with Crippen LogP contribution in [0.1, 0.15) is 16.8 Å². The normalized spacial score (nSPS) is 10.5. The molecule has 0 fully saturated rings. The molecule has 0 amide bonds. The molecule has 0 unspecified atom stereocenters. The number of hydrogen-bond donors (Lipinski definition) is 1. The van der Waals surface area contributed by atoms with Crippen LogP contribution in [0.5, 0.6) is 0 Å². The van der Waals surface area contributed by atoms with Crippen molar-refractivity contribution in [3.63, 3.8) is 0 Å². The maximum atomic E-state index is 9.02. The topological polar surface area (TPSA) is 38.0 Å². The lowest BCUT2D eigenvalue weighted by atomic mass is 10.2. The highest BCUT2D eigenvalue weighted by molar-refractivity contribution is 5.17. The average Bonchev–Trinajstić information content (AvgIpc) is 2.60. The highest BCUT2D eigenvalue weighted by Crippen LogP contribution is 2.07. The molecular formula is C12H14N2O. The van der Waals surface area contributed by atoms with Crippen molar-refractivity contribution in [2.45, 2.75) is 20.1 Å². The van der Waals surface area contributed by atoms with Gasteiger partial charge in [-0.15, -0.1) is 0 Å². The van der Waals surface area contributed by atoms with E-state index in [9.17, 15) is 0 Å². The van der Waals surface area contributed by atoms with E-state index in [4.69, 9.17) is 5.11 Å². The van der Waals surface area contributed by atoms with Gasteiger partial charge in [0, 0.05) is 6.20 Å². The number of aliphatic hydroxyl groups excluding tert-OH is 1. The summed E-state index contributed by atoms with van der Waals surface area (Å²) in [4.78, 5) is 0. The van der Waals surface area contributed by atoms with Gasteiger partial charge in [-0.25, -0.2) is 0 Å². The first-order chi connectivity index (χ1) is 7.29. The molecule has 1 N–H and O–H groups in total. The minimum Gasteiger partial charge on any atom is -0.390 e. The summed E-state index contributed by atoms with van der Waals surface area (Å²) in [5.41, 5.74) is 3.00. The minimum atomic E-state index is 0.00756. The standard InChI is InChI=1S/C12H14N2O/c1-10-7-14(13-12(10)9-15)8-11-5-3-2-4-6-11/h2-7,15H,8-9H2,1H3. The molecule has 15 heavy (non-hydrogen) atoms. The molecule has 3 nitrogen and oxygen atoms in total. The fraction of sp³-hybridized carbons (Fsp3) is 0.250. The highest BCUT2D eigenvalue weighted by atomic mass is 16.3. The summed E-state index contributed by atoms with van der Waals surface area (Å²) in [6.45, 7) is 2.72. The third-order valence-corrected chi connectivity index (χ3v) is 2.38. The molecule has 0 aliphatic rings. The van der Waals surface area contributed by atoms with E-state index < -0.39 is 0 Å². The van der Waals surface area contributed by atoms with Crippen molar-refractivity contribution in [2.75, 3.05) is 0 Å². The fourth-order valence-corrected chi connectivity index (χ4v) is 1.57. The lowest BCUT2D eigenvalue weighted by molar-refractivity contribution is 0.274. The molecule has 0 aliphatic heterocycles. The Morgan fingerprint density at radius 3 is 2.60 bits per heavy atom. The van der Waals surface area contributed by atoms with Crippen LogP contribution in [0.25, 0.3) is 0 Å². The van der Waals surface area contributed by atoms with Crippen LogP contribution >= 0.6 is 0 Å². The molecule has 78 valence electrons. The summed E-state index contributed by atoms with van der Waals surface area (Å²) < 4.78 is 1.86. The van der Waals surface area contributed by atoms with Crippen LogP contribution in [-0.4, -0.2) is 14.9 Å². The average molecular weight is 202 g/mol. The van der Waals surface area contributed by atoms with Crippen LogP contribution in [0.2, 0.25) is 0 Å². The maximum Gasteiger partial charge on any atom is 0.0908 e. The quantitative estimate of drug-likeness (QED) is 0.823. The number of benzene rings is 1. The zero-order valence-corrected chi connectivity index (χ0v) is 8.72. The van der Waals surface area contributed by atoms with E-state index in [1.165, 1.54) is 5.56 Å². The predicted octanol–water partition coefficient (Wildman–Crippen LogP) is 1.73. The molecule has 0 spiro atoms. The van der Waals surface area contributed by atoms with Crippen LogP contribution in [-0.2, 0) is 13.2 Å². The first kappa shape index (κ1) is 9.93. The molecule has 1 heterocycles. The molecule has 2 aromatic rings. The molecule has 0 saturated carbocycles. The Hall–Kier alpha value is -1.61. The third kappa shape index (κ3) is 2.25. The fourth-order valence-electron chi connectivity index (χ4n) is 1.57. The van der Waals surface area contributed by atoms with Gasteiger partial charge in [0.25, 0.3) is 0 Å². The predicted molar refractivity (Wildman–Crippen MR) is 58.4 cm³/mol. The monoisotopic (exact) mass is 202 g/mol. The van der Waals surface area contributed by atoms with Crippen molar-refractivity contribution >= 4 is 0 Å². The Balaban J connectivity index is 2.18. The van der Waals surface area contributed by atoms with Crippen LogP contribution in [0.4, 0.5) is 0 Å². The zero-order valence-electron chi connectivity index (χ0n) is 8.72. The van der Waals surface area contributed by atoms with Gasteiger partial charge in [0.15, 0.2) is 0 Å². The summed E-state index contributed by atoms with van der Waals surface area (Å²) in [7, 11) is 0. The lowest BCUT2D eigenvalue weighted by Crippen LogP contribution is -2.00. The van der Waals surface area contributed by atoms with E-state index in [1.807, 2.05) is 36.0 Å². The molecular weight excluding hydrogens is 188 g/mol. The van der Waals surface area contributed by atoms with Gasteiger partial charge in [-0.2, -0.15) is 5.10 Å². The maximum absolute atomic E-state index is 9.02. The van der Waals surface area contributed by atoms with Gasteiger partial charge >= 0.3 is 0 Å². The molecule has 0 radical (unpaired) electrons. The smallest absolute Gasteiger partial charge is 0.0908 e. The number of nitrogens with zero attached hydrogens (tertiary/aromatic N) is 2. The molecule has 0 saturated heterocycles. The first-order valence-electron chi connectivity index (χ1n) is 4.97. The Labute approximate surface area is 89.0 Å². The molecule has 1 aromatic carbocycles. The number of aryl methyl sites for hydroxylation is 1. The molecule has 0 bridgehead atoms. The molecule has 0 atom stereocenters. The van der Waals surface area contributed by atoms with Gasteiger partial charge in [0.05, 0.1) is 18.8 Å². The summed E-state index contributed by atoms with van der Waals surface area (Å²) >= 11 is 0. The SMILES string of the molecule is Cc1cn(Cc2ccccc2)nc1CO.